The smallest absolute Gasteiger partial charge is 0.248 e. The van der Waals surface area contributed by atoms with Crippen molar-refractivity contribution < 1.29 is 18.3 Å². The second kappa shape index (κ2) is 18.7. The number of hydrogen-bond acceptors (Lipinski definition) is 4. The van der Waals surface area contributed by atoms with Crippen LogP contribution in [0.1, 0.15) is 67.1 Å². The van der Waals surface area contributed by atoms with E-state index in [1.54, 1.807) is 13.0 Å². The minimum absolute atomic E-state index is 0.395. The molecule has 0 fully saturated rings. The summed E-state index contributed by atoms with van der Waals surface area (Å²) in [6.45, 7) is 13.6. The fourth-order valence-corrected chi connectivity index (χ4v) is 3.63. The number of fused-ring (bicyclic) bond motifs is 1. The molecule has 0 bridgehead atoms. The van der Waals surface area contributed by atoms with Gasteiger partial charge in [-0.2, -0.15) is 0 Å². The van der Waals surface area contributed by atoms with Crippen molar-refractivity contribution in [2.45, 2.75) is 60.3 Å². The molecule has 7 heteroatoms. The molecule has 39 heavy (non-hydrogen) atoms. The molecule has 0 spiro atoms. The first-order valence-electron chi connectivity index (χ1n) is 13.6. The maximum Gasteiger partial charge on any atom is 0.248 e. The quantitative estimate of drug-likeness (QED) is 0.353. The van der Waals surface area contributed by atoms with Crippen molar-refractivity contribution in [1.29, 1.82) is 0 Å². The van der Waals surface area contributed by atoms with Crippen molar-refractivity contribution in [3.63, 3.8) is 0 Å². The van der Waals surface area contributed by atoms with Crippen molar-refractivity contribution in [1.82, 2.24) is 0 Å². The number of unbranched alkanes of at least 4 members (excludes halogenated alkanes) is 1. The van der Waals surface area contributed by atoms with E-state index in [0.717, 1.165) is 62.8 Å². The molecule has 0 aromatic heterocycles. The summed E-state index contributed by atoms with van der Waals surface area (Å²) in [4.78, 5) is 13.4. The van der Waals surface area contributed by atoms with Crippen LogP contribution in [0.15, 0.2) is 60.7 Å². The van der Waals surface area contributed by atoms with Crippen LogP contribution in [0.3, 0.4) is 0 Å². The second-order valence-electron chi connectivity index (χ2n) is 9.31. The second-order valence-corrected chi connectivity index (χ2v) is 9.31. The van der Waals surface area contributed by atoms with Gasteiger partial charge in [-0.3, -0.25) is 4.79 Å². The zero-order chi connectivity index (χ0) is 29.2. The van der Waals surface area contributed by atoms with Gasteiger partial charge in [0.15, 0.2) is 0 Å². The van der Waals surface area contributed by atoms with Crippen LogP contribution < -0.4 is 21.1 Å². The first-order chi connectivity index (χ1) is 18.6. The van der Waals surface area contributed by atoms with E-state index < -0.39 is 17.5 Å². The third kappa shape index (κ3) is 13.3. The number of amides is 1. The average Bonchev–Trinajstić information content (AvgIpc) is 2.91. The number of primary amides is 1. The van der Waals surface area contributed by atoms with E-state index in [1.807, 2.05) is 12.1 Å². The Labute approximate surface area is 233 Å². The summed E-state index contributed by atoms with van der Waals surface area (Å²) in [5.74, 6) is -0.592. The summed E-state index contributed by atoms with van der Waals surface area (Å²) < 4.78 is 30.0. The highest BCUT2D eigenvalue weighted by Gasteiger charge is 2.18. The predicted molar refractivity (Wildman–Crippen MR) is 159 cm³/mol. The van der Waals surface area contributed by atoms with Gasteiger partial charge >= 0.3 is 0 Å². The number of benzene rings is 3. The molecule has 3 aromatic carbocycles. The summed E-state index contributed by atoms with van der Waals surface area (Å²) >= 11 is 0. The summed E-state index contributed by atoms with van der Waals surface area (Å²) in [6.07, 6.45) is 4.53. The largest absolute Gasteiger partial charge is 0.490 e. The fraction of sp³-hybridized carbons (Fsp3) is 0.406. The van der Waals surface area contributed by atoms with Gasteiger partial charge in [0.05, 0.1) is 12.2 Å². The van der Waals surface area contributed by atoms with Crippen LogP contribution in [0.25, 0.3) is 0 Å². The molecular formula is C32H45F2N3O2. The van der Waals surface area contributed by atoms with E-state index in [4.69, 9.17) is 16.2 Å². The topological polar surface area (TPSA) is 81.6 Å². The molecule has 4 N–H and O–H groups in total. The Balaban J connectivity index is 0.000000293. The lowest BCUT2D eigenvalue weighted by atomic mass is 10.1. The van der Waals surface area contributed by atoms with Gasteiger partial charge < -0.3 is 21.1 Å². The minimum atomic E-state index is -0.521. The number of rotatable bonds is 6. The van der Waals surface area contributed by atoms with Crippen molar-refractivity contribution >= 4 is 11.6 Å². The Morgan fingerprint density at radius 2 is 1.59 bits per heavy atom. The van der Waals surface area contributed by atoms with Crippen LogP contribution in [-0.4, -0.2) is 32.1 Å². The minimum Gasteiger partial charge on any atom is -0.490 e. The Hall–Kier alpha value is -3.45. The molecule has 214 valence electrons. The van der Waals surface area contributed by atoms with Crippen LogP contribution in [0.5, 0.6) is 5.75 Å². The SMILES string of the molecule is CCCCN1CCOc2ccc(C(N)=O)cc21.CCCN.CCc1cccc(C)c1.Cc1cc(F)cc(F)c1. The van der Waals surface area contributed by atoms with Gasteiger partial charge in [-0.15, -0.1) is 0 Å². The number of halogens is 2. The number of aryl methyl sites for hydroxylation is 3. The summed E-state index contributed by atoms with van der Waals surface area (Å²) in [5.41, 5.74) is 15.2. The first-order valence-corrected chi connectivity index (χ1v) is 13.6. The lowest BCUT2D eigenvalue weighted by Crippen LogP contribution is -2.33. The van der Waals surface area contributed by atoms with E-state index in [0.29, 0.717) is 17.7 Å². The van der Waals surface area contributed by atoms with Gasteiger partial charge in [-0.1, -0.05) is 57.0 Å². The zero-order valence-corrected chi connectivity index (χ0v) is 24.1. The van der Waals surface area contributed by atoms with Gasteiger partial charge in [0.25, 0.3) is 0 Å². The zero-order valence-electron chi connectivity index (χ0n) is 24.1. The molecule has 1 heterocycles. The lowest BCUT2D eigenvalue weighted by molar-refractivity contribution is 0.1000. The number of nitrogens with two attached hydrogens (primary N) is 2. The van der Waals surface area contributed by atoms with Gasteiger partial charge in [0.1, 0.15) is 24.0 Å². The molecule has 1 aliphatic rings. The Kier molecular flexibility index (Phi) is 16.1. The van der Waals surface area contributed by atoms with E-state index >= 15 is 0 Å². The number of anilines is 1. The fourth-order valence-electron chi connectivity index (χ4n) is 3.63. The molecule has 5 nitrogen and oxygen atoms in total. The number of nitrogens with zero attached hydrogens (tertiary/aromatic N) is 1. The van der Waals surface area contributed by atoms with Crippen LogP contribution in [0, 0.1) is 25.5 Å². The maximum absolute atomic E-state index is 12.2. The van der Waals surface area contributed by atoms with Gasteiger partial charge in [0, 0.05) is 18.2 Å². The molecular weight excluding hydrogens is 496 g/mol. The third-order valence-corrected chi connectivity index (χ3v) is 5.77. The molecule has 0 atom stereocenters. The molecule has 0 unspecified atom stereocenters. The lowest BCUT2D eigenvalue weighted by Gasteiger charge is -2.31. The summed E-state index contributed by atoms with van der Waals surface area (Å²) in [5, 5.41) is 0. The standard InChI is InChI=1S/C13H18N2O2.C9H12.C7H6F2.C3H9N/c1-2-3-6-15-7-8-17-12-5-4-10(13(14)16)9-11(12)15;1-3-9-6-4-5-8(2)7-9;1-5-2-6(8)4-7(9)3-5;1-2-3-4/h4-5,9H,2-3,6-8H2,1H3,(H2,14,16);4-7H,3H2,1-2H3;2-4H,1H3;2-4H2,1H3. The Bertz CT molecular complexity index is 1090. The van der Waals surface area contributed by atoms with Crippen LogP contribution >= 0.6 is 0 Å². The van der Waals surface area contributed by atoms with E-state index in [1.165, 1.54) is 23.3 Å². The first kappa shape index (κ1) is 33.6. The number of ether oxygens (including phenoxy) is 1. The highest BCUT2D eigenvalue weighted by atomic mass is 19.1. The molecule has 3 aromatic rings. The van der Waals surface area contributed by atoms with E-state index in [-0.39, 0.29) is 0 Å². The van der Waals surface area contributed by atoms with Gasteiger partial charge in [-0.25, -0.2) is 8.78 Å². The highest BCUT2D eigenvalue weighted by Crippen LogP contribution is 2.32. The molecule has 1 amide bonds. The highest BCUT2D eigenvalue weighted by molar-refractivity contribution is 5.94. The van der Waals surface area contributed by atoms with Crippen molar-refractivity contribution in [2.24, 2.45) is 11.5 Å². The van der Waals surface area contributed by atoms with Gasteiger partial charge in [0.2, 0.25) is 5.91 Å². The van der Waals surface area contributed by atoms with E-state index in [2.05, 4.69) is 56.9 Å². The van der Waals surface area contributed by atoms with E-state index in [9.17, 15) is 13.6 Å². The average molecular weight is 542 g/mol. The van der Waals surface area contributed by atoms with Crippen LogP contribution in [0.4, 0.5) is 14.5 Å². The Morgan fingerprint density at radius 1 is 0.923 bits per heavy atom. The van der Waals surface area contributed by atoms with Gasteiger partial charge in [-0.05, 0) is 81.1 Å². The number of hydrogen-bond donors (Lipinski definition) is 2. The Morgan fingerprint density at radius 3 is 2.08 bits per heavy atom. The van der Waals surface area contributed by atoms with Crippen molar-refractivity contribution in [3.05, 3.63) is 94.6 Å². The molecule has 4 rings (SSSR count). The van der Waals surface area contributed by atoms with Crippen LogP contribution in [0.2, 0.25) is 0 Å². The molecule has 0 radical (unpaired) electrons. The molecule has 0 saturated carbocycles. The molecule has 0 aliphatic carbocycles. The number of carbonyl (C=O) groups is 1. The maximum atomic E-state index is 12.2. The number of carbonyl (C=O) groups excluding carboxylic acids is 1. The predicted octanol–water partition coefficient (Wildman–Crippen LogP) is 6.97. The molecule has 1 aliphatic heterocycles. The van der Waals surface area contributed by atoms with Crippen molar-refractivity contribution in [2.75, 3.05) is 31.1 Å². The normalized spacial score (nSPS) is 11.3. The summed E-state index contributed by atoms with van der Waals surface area (Å²) in [6, 6.07) is 17.4. The third-order valence-electron chi connectivity index (χ3n) is 5.77. The molecule has 0 saturated heterocycles. The van der Waals surface area contributed by atoms with Crippen molar-refractivity contribution in [3.8, 4) is 5.75 Å². The van der Waals surface area contributed by atoms with Crippen LogP contribution in [-0.2, 0) is 6.42 Å². The monoisotopic (exact) mass is 541 g/mol. The summed E-state index contributed by atoms with van der Waals surface area (Å²) in [7, 11) is 0.